The SMILES string of the molecule is c1ccc(N(c2ccccc2)c2ccc(N(c3ccccc3)c3ccc(N(c4ccccc4)c4cccc5c4sc4ccccc45)cc3)cc2)cc1. The van der Waals surface area contributed by atoms with Crippen LogP contribution >= 0.6 is 11.3 Å². The van der Waals surface area contributed by atoms with Crippen molar-refractivity contribution in [3.8, 4) is 0 Å². The third kappa shape index (κ3) is 5.96. The maximum atomic E-state index is 2.38. The molecule has 9 rings (SSSR count). The molecular formula is C48H35N3S. The highest BCUT2D eigenvalue weighted by Gasteiger charge is 2.20. The van der Waals surface area contributed by atoms with Gasteiger partial charge in [-0.15, -0.1) is 11.3 Å². The lowest BCUT2D eigenvalue weighted by atomic mass is 10.1. The minimum absolute atomic E-state index is 1.08. The van der Waals surface area contributed by atoms with Crippen molar-refractivity contribution in [2.24, 2.45) is 0 Å². The highest BCUT2D eigenvalue weighted by Crippen LogP contribution is 2.45. The van der Waals surface area contributed by atoms with E-state index in [1.54, 1.807) is 0 Å². The fourth-order valence-electron chi connectivity index (χ4n) is 7.04. The summed E-state index contributed by atoms with van der Waals surface area (Å²) in [4.78, 5) is 6.99. The summed E-state index contributed by atoms with van der Waals surface area (Å²) in [5.74, 6) is 0. The molecule has 0 unspecified atom stereocenters. The van der Waals surface area contributed by atoms with E-state index in [0.29, 0.717) is 0 Å². The first-order valence-electron chi connectivity index (χ1n) is 17.5. The molecule has 0 amide bonds. The second-order valence-electron chi connectivity index (χ2n) is 12.6. The lowest BCUT2D eigenvalue weighted by molar-refractivity contribution is 1.25. The summed E-state index contributed by atoms with van der Waals surface area (Å²) in [6.07, 6.45) is 0. The van der Waals surface area contributed by atoms with E-state index in [-0.39, 0.29) is 0 Å². The Hall–Kier alpha value is -6.62. The van der Waals surface area contributed by atoms with Crippen molar-refractivity contribution in [3.05, 3.63) is 212 Å². The number of fused-ring (bicyclic) bond motifs is 3. The molecule has 3 nitrogen and oxygen atoms in total. The van der Waals surface area contributed by atoms with Gasteiger partial charge >= 0.3 is 0 Å². The lowest BCUT2D eigenvalue weighted by Gasteiger charge is -2.29. The summed E-state index contributed by atoms with van der Waals surface area (Å²) in [6, 6.07) is 75.5. The Labute approximate surface area is 308 Å². The summed E-state index contributed by atoms with van der Waals surface area (Å²) in [5.41, 5.74) is 9.99. The van der Waals surface area contributed by atoms with Gasteiger partial charge in [0.05, 0.1) is 10.4 Å². The molecule has 4 heteroatoms. The van der Waals surface area contributed by atoms with Gasteiger partial charge in [0, 0.05) is 61.0 Å². The van der Waals surface area contributed by atoms with E-state index in [9.17, 15) is 0 Å². The number of thiophene rings is 1. The van der Waals surface area contributed by atoms with Crippen LogP contribution in [0.2, 0.25) is 0 Å². The minimum atomic E-state index is 1.08. The molecule has 9 aromatic rings. The zero-order valence-electron chi connectivity index (χ0n) is 28.5. The van der Waals surface area contributed by atoms with Crippen molar-refractivity contribution in [2.45, 2.75) is 0 Å². The molecule has 0 aliphatic rings. The van der Waals surface area contributed by atoms with E-state index >= 15 is 0 Å². The van der Waals surface area contributed by atoms with Gasteiger partial charge in [0.25, 0.3) is 0 Å². The molecule has 0 saturated heterocycles. The molecule has 1 heterocycles. The highest BCUT2D eigenvalue weighted by atomic mass is 32.1. The van der Waals surface area contributed by atoms with E-state index in [1.807, 2.05) is 11.3 Å². The number of rotatable bonds is 9. The van der Waals surface area contributed by atoms with Crippen LogP contribution in [0.1, 0.15) is 0 Å². The molecule has 248 valence electrons. The molecule has 0 aliphatic heterocycles. The van der Waals surface area contributed by atoms with Crippen LogP contribution in [-0.4, -0.2) is 0 Å². The standard InChI is InChI=1S/C48H35N3S/c1-5-16-36(17-6-1)49(37-18-7-2-8-19-37)40-28-30-41(31-29-40)50(38-20-9-3-10-21-38)42-32-34-43(35-33-42)51(39-22-11-4-12-23-39)46-26-15-25-45-44-24-13-14-27-47(44)52-48(45)46/h1-35H. The monoisotopic (exact) mass is 685 g/mol. The van der Waals surface area contributed by atoms with Crippen molar-refractivity contribution in [1.29, 1.82) is 0 Å². The molecular weight excluding hydrogens is 651 g/mol. The Bertz CT molecular complexity index is 2510. The average molecular weight is 686 g/mol. The summed E-state index contributed by atoms with van der Waals surface area (Å²) >= 11 is 1.86. The lowest BCUT2D eigenvalue weighted by Crippen LogP contribution is -2.13. The van der Waals surface area contributed by atoms with E-state index in [4.69, 9.17) is 0 Å². The second-order valence-corrected chi connectivity index (χ2v) is 13.7. The Morgan fingerprint density at radius 3 is 1.02 bits per heavy atom. The van der Waals surface area contributed by atoms with Crippen molar-refractivity contribution in [3.63, 3.8) is 0 Å². The number of hydrogen-bond acceptors (Lipinski definition) is 4. The van der Waals surface area contributed by atoms with Gasteiger partial charge in [-0.2, -0.15) is 0 Å². The van der Waals surface area contributed by atoms with Gasteiger partial charge in [-0.25, -0.2) is 0 Å². The van der Waals surface area contributed by atoms with Gasteiger partial charge < -0.3 is 14.7 Å². The van der Waals surface area contributed by atoms with Crippen LogP contribution in [0.4, 0.5) is 51.2 Å². The van der Waals surface area contributed by atoms with Gasteiger partial charge in [0.1, 0.15) is 0 Å². The largest absolute Gasteiger partial charge is 0.311 e. The predicted octanol–water partition coefficient (Wildman–Crippen LogP) is 14.5. The normalized spacial score (nSPS) is 11.1. The van der Waals surface area contributed by atoms with Crippen LogP contribution in [0, 0.1) is 0 Å². The predicted molar refractivity (Wildman–Crippen MR) is 223 cm³/mol. The average Bonchev–Trinajstić information content (AvgIpc) is 3.61. The number of hydrogen-bond donors (Lipinski definition) is 0. The second kappa shape index (κ2) is 13.9. The summed E-state index contributed by atoms with van der Waals surface area (Å²) < 4.78 is 2.58. The van der Waals surface area contributed by atoms with Crippen LogP contribution in [-0.2, 0) is 0 Å². The first kappa shape index (κ1) is 31.4. The zero-order valence-corrected chi connectivity index (χ0v) is 29.3. The number of para-hydroxylation sites is 4. The Balaban J connectivity index is 1.12. The van der Waals surface area contributed by atoms with Crippen molar-refractivity contribution in [2.75, 3.05) is 14.7 Å². The van der Waals surface area contributed by atoms with Crippen molar-refractivity contribution >= 4 is 82.7 Å². The first-order chi connectivity index (χ1) is 25.8. The third-order valence-corrected chi connectivity index (χ3v) is 10.6. The number of nitrogens with zero attached hydrogens (tertiary/aromatic N) is 3. The van der Waals surface area contributed by atoms with E-state index < -0.39 is 0 Å². The maximum Gasteiger partial charge on any atom is 0.0640 e. The van der Waals surface area contributed by atoms with Gasteiger partial charge in [-0.05, 0) is 109 Å². The van der Waals surface area contributed by atoms with Gasteiger partial charge in [-0.3, -0.25) is 0 Å². The third-order valence-electron chi connectivity index (χ3n) is 9.41. The summed E-state index contributed by atoms with van der Waals surface area (Å²) in [5, 5.41) is 2.58. The quantitative estimate of drug-likeness (QED) is 0.150. The maximum absolute atomic E-state index is 2.38. The summed E-state index contributed by atoms with van der Waals surface area (Å²) in [7, 11) is 0. The molecule has 8 aromatic carbocycles. The van der Waals surface area contributed by atoms with E-state index in [2.05, 4.69) is 227 Å². The fourth-order valence-corrected chi connectivity index (χ4v) is 8.25. The van der Waals surface area contributed by atoms with Crippen LogP contribution < -0.4 is 14.7 Å². The Morgan fingerprint density at radius 2 is 0.577 bits per heavy atom. The zero-order chi connectivity index (χ0) is 34.7. The topological polar surface area (TPSA) is 9.72 Å². The Kier molecular flexibility index (Phi) is 8.41. The molecule has 0 radical (unpaired) electrons. The molecule has 0 fully saturated rings. The highest BCUT2D eigenvalue weighted by molar-refractivity contribution is 7.26. The van der Waals surface area contributed by atoms with Crippen LogP contribution in [0.15, 0.2) is 212 Å². The van der Waals surface area contributed by atoms with Gasteiger partial charge in [0.15, 0.2) is 0 Å². The Morgan fingerprint density at radius 1 is 0.250 bits per heavy atom. The molecule has 0 N–H and O–H groups in total. The summed E-state index contributed by atoms with van der Waals surface area (Å²) in [6.45, 7) is 0. The molecule has 0 saturated carbocycles. The molecule has 52 heavy (non-hydrogen) atoms. The number of anilines is 9. The van der Waals surface area contributed by atoms with Crippen molar-refractivity contribution in [1.82, 2.24) is 0 Å². The smallest absolute Gasteiger partial charge is 0.0640 e. The van der Waals surface area contributed by atoms with Gasteiger partial charge in [0.2, 0.25) is 0 Å². The van der Waals surface area contributed by atoms with E-state index in [0.717, 1.165) is 45.5 Å². The van der Waals surface area contributed by atoms with Crippen LogP contribution in [0.5, 0.6) is 0 Å². The van der Waals surface area contributed by atoms with Crippen LogP contribution in [0.25, 0.3) is 20.2 Å². The van der Waals surface area contributed by atoms with E-state index in [1.165, 1.54) is 25.9 Å². The van der Waals surface area contributed by atoms with Gasteiger partial charge in [-0.1, -0.05) is 103 Å². The number of benzene rings is 8. The molecule has 0 bridgehead atoms. The molecule has 0 aliphatic carbocycles. The molecule has 0 atom stereocenters. The van der Waals surface area contributed by atoms with Crippen LogP contribution in [0.3, 0.4) is 0 Å². The van der Waals surface area contributed by atoms with Crippen molar-refractivity contribution < 1.29 is 0 Å². The minimum Gasteiger partial charge on any atom is -0.311 e. The first-order valence-corrected chi connectivity index (χ1v) is 18.3. The molecule has 0 spiro atoms. The molecule has 1 aromatic heterocycles. The fraction of sp³-hybridized carbons (Fsp3) is 0.